The third kappa shape index (κ3) is 2.10. The average Bonchev–Trinajstić information content (AvgIpc) is 2.17. The molecule has 0 aromatic carbocycles. The Morgan fingerprint density at radius 3 is 2.77 bits per heavy atom. The summed E-state index contributed by atoms with van der Waals surface area (Å²) in [4.78, 5) is 0. The zero-order valence-corrected chi connectivity index (χ0v) is 10.1. The van der Waals surface area contributed by atoms with E-state index < -0.39 is 0 Å². The van der Waals surface area contributed by atoms with Gasteiger partial charge in [-0.1, -0.05) is 46.6 Å². The van der Waals surface area contributed by atoms with Crippen molar-refractivity contribution in [3.63, 3.8) is 0 Å². The van der Waals surface area contributed by atoms with Gasteiger partial charge < -0.3 is 0 Å². The first-order chi connectivity index (χ1) is 6.29. The predicted octanol–water partition coefficient (Wildman–Crippen LogP) is 4.28. The summed E-state index contributed by atoms with van der Waals surface area (Å²) in [6, 6.07) is 0. The Bertz CT molecular complexity index is 214. The zero-order chi connectivity index (χ0) is 9.26. The van der Waals surface area contributed by atoms with Crippen molar-refractivity contribution in [2.24, 2.45) is 5.92 Å². The molecule has 1 unspecified atom stereocenters. The van der Waals surface area contributed by atoms with Crippen LogP contribution in [0.1, 0.15) is 39.5 Å². The van der Waals surface area contributed by atoms with E-state index in [0.29, 0.717) is 0 Å². The molecule has 74 valence electrons. The molecular formula is C11H18S2. The van der Waals surface area contributed by atoms with E-state index in [4.69, 9.17) is 0 Å². The van der Waals surface area contributed by atoms with Gasteiger partial charge in [-0.15, -0.1) is 0 Å². The second-order valence-corrected chi connectivity index (χ2v) is 6.87. The van der Waals surface area contributed by atoms with Crippen molar-refractivity contribution < 1.29 is 0 Å². The quantitative estimate of drug-likeness (QED) is 0.472. The zero-order valence-electron chi connectivity index (χ0n) is 8.51. The van der Waals surface area contributed by atoms with Gasteiger partial charge in [-0.2, -0.15) is 0 Å². The highest BCUT2D eigenvalue weighted by atomic mass is 33.1. The molecule has 1 aliphatic heterocycles. The fourth-order valence-electron chi connectivity index (χ4n) is 2.25. The first kappa shape index (κ1) is 9.97. The summed E-state index contributed by atoms with van der Waals surface area (Å²) in [7, 11) is 4.19. The normalized spacial score (nSPS) is 29.3. The lowest BCUT2D eigenvalue weighted by Gasteiger charge is -2.33. The van der Waals surface area contributed by atoms with Gasteiger partial charge in [0.15, 0.2) is 0 Å². The van der Waals surface area contributed by atoms with Gasteiger partial charge in [-0.3, -0.25) is 0 Å². The predicted molar refractivity (Wildman–Crippen MR) is 64.2 cm³/mol. The standard InChI is InChI=1S/C11H18S2/c1-8(2)11-10-6-4-3-5-9(10)7-12-13-11/h8,11H,3-7H2,1-2H3. The fraction of sp³-hybridized carbons (Fsp3) is 0.818. The SMILES string of the molecule is CC(C)C1SSCC2=C1CCCC2. The molecule has 0 saturated carbocycles. The van der Waals surface area contributed by atoms with Crippen molar-refractivity contribution in [1.29, 1.82) is 0 Å². The fourth-order valence-corrected chi connectivity index (χ4v) is 5.64. The molecule has 0 aromatic rings. The molecule has 0 aromatic heterocycles. The Balaban J connectivity index is 2.20. The van der Waals surface area contributed by atoms with Crippen molar-refractivity contribution in [3.8, 4) is 0 Å². The third-order valence-corrected chi connectivity index (χ3v) is 6.00. The minimum absolute atomic E-state index is 0.820. The van der Waals surface area contributed by atoms with Crippen LogP contribution in [0.25, 0.3) is 0 Å². The molecule has 2 rings (SSSR count). The first-order valence-electron chi connectivity index (χ1n) is 5.28. The molecule has 2 aliphatic rings. The largest absolute Gasteiger partial charge is 0.0891 e. The van der Waals surface area contributed by atoms with E-state index in [9.17, 15) is 0 Å². The molecule has 2 heteroatoms. The first-order valence-corrected chi connectivity index (χ1v) is 7.66. The maximum Gasteiger partial charge on any atom is 0.0386 e. The summed E-state index contributed by atoms with van der Waals surface area (Å²) in [5.41, 5.74) is 3.62. The monoisotopic (exact) mass is 214 g/mol. The molecule has 0 nitrogen and oxygen atoms in total. The topological polar surface area (TPSA) is 0 Å². The smallest absolute Gasteiger partial charge is 0.0386 e. The van der Waals surface area contributed by atoms with Crippen molar-refractivity contribution in [3.05, 3.63) is 11.1 Å². The molecule has 1 heterocycles. The van der Waals surface area contributed by atoms with Gasteiger partial charge in [0.1, 0.15) is 0 Å². The van der Waals surface area contributed by atoms with Crippen LogP contribution in [0.4, 0.5) is 0 Å². The van der Waals surface area contributed by atoms with E-state index >= 15 is 0 Å². The minimum Gasteiger partial charge on any atom is -0.0891 e. The second kappa shape index (κ2) is 4.31. The van der Waals surface area contributed by atoms with Crippen molar-refractivity contribution in [1.82, 2.24) is 0 Å². The molecule has 0 N–H and O–H groups in total. The second-order valence-electron chi connectivity index (χ2n) is 4.36. The number of rotatable bonds is 1. The van der Waals surface area contributed by atoms with E-state index in [1.807, 2.05) is 5.57 Å². The van der Waals surface area contributed by atoms with Crippen LogP contribution in [0, 0.1) is 5.92 Å². The van der Waals surface area contributed by atoms with Crippen LogP contribution in [-0.4, -0.2) is 11.0 Å². The number of hydrogen-bond donors (Lipinski definition) is 0. The van der Waals surface area contributed by atoms with Crippen LogP contribution < -0.4 is 0 Å². The molecular weight excluding hydrogens is 196 g/mol. The highest BCUT2D eigenvalue weighted by molar-refractivity contribution is 8.77. The van der Waals surface area contributed by atoms with Gasteiger partial charge in [0.2, 0.25) is 0 Å². The van der Waals surface area contributed by atoms with Crippen molar-refractivity contribution in [2.75, 3.05) is 5.75 Å². The lowest BCUT2D eigenvalue weighted by atomic mass is 9.87. The summed E-state index contributed by atoms with van der Waals surface area (Å²) < 4.78 is 0. The molecule has 0 radical (unpaired) electrons. The van der Waals surface area contributed by atoms with Crippen LogP contribution in [0.3, 0.4) is 0 Å². The Labute approximate surface area is 89.3 Å². The van der Waals surface area contributed by atoms with Crippen LogP contribution in [0.15, 0.2) is 11.1 Å². The van der Waals surface area contributed by atoms with Crippen LogP contribution in [-0.2, 0) is 0 Å². The molecule has 0 bridgehead atoms. The summed E-state index contributed by atoms with van der Waals surface area (Å²) in [5.74, 6) is 2.13. The highest BCUT2D eigenvalue weighted by Gasteiger charge is 2.27. The minimum atomic E-state index is 0.820. The average molecular weight is 214 g/mol. The van der Waals surface area contributed by atoms with Crippen molar-refractivity contribution >= 4 is 21.6 Å². The lowest BCUT2D eigenvalue weighted by Crippen LogP contribution is -2.21. The Morgan fingerprint density at radius 1 is 1.23 bits per heavy atom. The van der Waals surface area contributed by atoms with Gasteiger partial charge >= 0.3 is 0 Å². The maximum atomic E-state index is 2.36. The van der Waals surface area contributed by atoms with Gasteiger partial charge in [0.05, 0.1) is 0 Å². The van der Waals surface area contributed by atoms with Gasteiger partial charge in [0.25, 0.3) is 0 Å². The number of hydrogen-bond acceptors (Lipinski definition) is 2. The van der Waals surface area contributed by atoms with Gasteiger partial charge in [-0.05, 0) is 31.6 Å². The van der Waals surface area contributed by atoms with E-state index in [0.717, 1.165) is 11.2 Å². The molecule has 13 heavy (non-hydrogen) atoms. The Hall–Kier alpha value is 0.440. The molecule has 0 spiro atoms. The summed E-state index contributed by atoms with van der Waals surface area (Å²) in [6.45, 7) is 4.73. The highest BCUT2D eigenvalue weighted by Crippen LogP contribution is 2.47. The van der Waals surface area contributed by atoms with E-state index in [2.05, 4.69) is 35.4 Å². The Morgan fingerprint density at radius 2 is 2.00 bits per heavy atom. The van der Waals surface area contributed by atoms with E-state index in [-0.39, 0.29) is 0 Å². The molecule has 0 saturated heterocycles. The summed E-state index contributed by atoms with van der Waals surface area (Å²) >= 11 is 0. The van der Waals surface area contributed by atoms with E-state index in [1.54, 1.807) is 5.57 Å². The maximum absolute atomic E-state index is 2.36. The Kier molecular flexibility index (Phi) is 3.31. The molecule has 1 atom stereocenters. The summed E-state index contributed by atoms with van der Waals surface area (Å²) in [6.07, 6.45) is 5.67. The molecule has 0 amide bonds. The summed E-state index contributed by atoms with van der Waals surface area (Å²) in [5, 5.41) is 0.828. The van der Waals surface area contributed by atoms with Crippen LogP contribution in [0.5, 0.6) is 0 Å². The van der Waals surface area contributed by atoms with Crippen molar-refractivity contribution in [2.45, 2.75) is 44.8 Å². The third-order valence-electron chi connectivity index (χ3n) is 2.98. The molecule has 0 fully saturated rings. The van der Waals surface area contributed by atoms with Gasteiger partial charge in [-0.25, -0.2) is 0 Å². The van der Waals surface area contributed by atoms with Crippen LogP contribution in [0.2, 0.25) is 0 Å². The molecule has 1 aliphatic carbocycles. The van der Waals surface area contributed by atoms with Crippen LogP contribution >= 0.6 is 21.6 Å². The van der Waals surface area contributed by atoms with E-state index in [1.165, 1.54) is 31.4 Å². The lowest BCUT2D eigenvalue weighted by molar-refractivity contribution is 0.588. The van der Waals surface area contributed by atoms with Gasteiger partial charge in [0, 0.05) is 11.0 Å².